The highest BCUT2D eigenvalue weighted by Gasteiger charge is 2.35. The number of carbonyl (C=O) groups excluding carboxylic acids is 3. The van der Waals surface area contributed by atoms with Crippen LogP contribution < -0.4 is 5.32 Å². The molecule has 0 radical (unpaired) electrons. The zero-order valence-electron chi connectivity index (χ0n) is 17.5. The van der Waals surface area contributed by atoms with E-state index in [2.05, 4.69) is 20.5 Å². The third-order valence-corrected chi connectivity index (χ3v) is 5.41. The number of aromatic amines is 1. The van der Waals surface area contributed by atoms with Crippen molar-refractivity contribution in [3.05, 3.63) is 90.0 Å². The minimum atomic E-state index is -0.376. The smallest absolute Gasteiger partial charge is 0.261 e. The minimum Gasteiger partial charge on any atom is -0.325 e. The first-order valence-corrected chi connectivity index (χ1v) is 10.4. The molecule has 162 valence electrons. The molecule has 3 aromatic carbocycles. The lowest BCUT2D eigenvalue weighted by Gasteiger charge is -2.14. The summed E-state index contributed by atoms with van der Waals surface area (Å²) in [6.45, 7) is 0.000803. The normalized spacial score (nSPS) is 12.7. The molecular weight excluding hydrogens is 418 g/mol. The molecule has 33 heavy (non-hydrogen) atoms. The number of hydrogen-bond donors (Lipinski definition) is 2. The Morgan fingerprint density at radius 2 is 1.42 bits per heavy atom. The molecular formula is C25H19N5O3. The zero-order chi connectivity index (χ0) is 22.8. The highest BCUT2D eigenvalue weighted by Crippen LogP contribution is 2.27. The van der Waals surface area contributed by atoms with E-state index in [4.69, 9.17) is 0 Å². The number of carbonyl (C=O) groups is 3. The number of nitrogens with one attached hydrogen (secondary N) is 2. The van der Waals surface area contributed by atoms with Crippen LogP contribution in [0.15, 0.2) is 78.9 Å². The molecule has 2 heterocycles. The molecule has 8 nitrogen and oxygen atoms in total. The number of nitrogens with zero attached hydrogens (tertiary/aromatic N) is 3. The topological polar surface area (TPSA) is 108 Å². The summed E-state index contributed by atoms with van der Waals surface area (Å²) in [6.07, 6.45) is -0.0223. The second-order valence-electron chi connectivity index (χ2n) is 7.52. The van der Waals surface area contributed by atoms with Gasteiger partial charge in [-0.15, -0.1) is 0 Å². The van der Waals surface area contributed by atoms with E-state index < -0.39 is 0 Å². The Balaban J connectivity index is 1.28. The van der Waals surface area contributed by atoms with E-state index in [0.29, 0.717) is 34.0 Å². The van der Waals surface area contributed by atoms with Crippen molar-refractivity contribution >= 4 is 23.4 Å². The lowest BCUT2D eigenvalue weighted by molar-refractivity contribution is -0.116. The summed E-state index contributed by atoms with van der Waals surface area (Å²) in [5.74, 6) is 0.00191. The fourth-order valence-corrected chi connectivity index (χ4v) is 3.77. The average molecular weight is 437 g/mol. The first-order valence-electron chi connectivity index (χ1n) is 10.4. The molecule has 0 saturated heterocycles. The maximum absolute atomic E-state index is 12.7. The molecule has 0 saturated carbocycles. The second kappa shape index (κ2) is 8.51. The van der Waals surface area contributed by atoms with Gasteiger partial charge in [-0.25, -0.2) is 4.98 Å². The van der Waals surface area contributed by atoms with Gasteiger partial charge in [-0.2, -0.15) is 5.10 Å². The van der Waals surface area contributed by atoms with E-state index in [0.717, 1.165) is 10.5 Å². The number of fused-ring (bicyclic) bond motifs is 1. The second-order valence-corrected chi connectivity index (χ2v) is 7.52. The average Bonchev–Trinajstić information content (AvgIpc) is 3.43. The lowest BCUT2D eigenvalue weighted by atomic mass is 10.1. The van der Waals surface area contributed by atoms with E-state index in [1.807, 2.05) is 42.5 Å². The lowest BCUT2D eigenvalue weighted by Crippen LogP contribution is -2.32. The van der Waals surface area contributed by atoms with Gasteiger partial charge < -0.3 is 5.32 Å². The first-order chi connectivity index (χ1) is 16.1. The Hall–Kier alpha value is -4.59. The molecule has 2 N–H and O–H groups in total. The van der Waals surface area contributed by atoms with Crippen LogP contribution in [-0.4, -0.2) is 44.3 Å². The monoisotopic (exact) mass is 437 g/mol. The molecule has 1 aliphatic heterocycles. The fourth-order valence-electron chi connectivity index (χ4n) is 3.77. The highest BCUT2D eigenvalue weighted by molar-refractivity contribution is 6.21. The number of rotatable bonds is 6. The number of amides is 3. The van der Waals surface area contributed by atoms with Crippen LogP contribution in [0, 0.1) is 0 Å². The van der Waals surface area contributed by atoms with Crippen LogP contribution in [0.1, 0.15) is 27.1 Å². The molecule has 5 rings (SSSR count). The number of H-pyrrole nitrogens is 1. The summed E-state index contributed by atoms with van der Waals surface area (Å²) in [6, 6.07) is 23.5. The third kappa shape index (κ3) is 3.89. The van der Waals surface area contributed by atoms with E-state index in [1.165, 1.54) is 0 Å². The minimum absolute atomic E-state index is 0.000803. The Bertz CT molecular complexity index is 1330. The fraction of sp³-hybridized carbons (Fsp3) is 0.0800. The van der Waals surface area contributed by atoms with Crippen molar-refractivity contribution in [2.75, 3.05) is 11.9 Å². The Morgan fingerprint density at radius 3 is 2.12 bits per heavy atom. The summed E-state index contributed by atoms with van der Waals surface area (Å²) < 4.78 is 0. The summed E-state index contributed by atoms with van der Waals surface area (Å²) in [7, 11) is 0. The van der Waals surface area contributed by atoms with Crippen LogP contribution in [0.3, 0.4) is 0 Å². The first kappa shape index (κ1) is 20.3. The summed E-state index contributed by atoms with van der Waals surface area (Å²) >= 11 is 0. The molecule has 4 aromatic rings. The third-order valence-electron chi connectivity index (χ3n) is 5.41. The van der Waals surface area contributed by atoms with E-state index >= 15 is 0 Å². The van der Waals surface area contributed by atoms with Gasteiger partial charge in [-0.3, -0.25) is 24.4 Å². The van der Waals surface area contributed by atoms with Gasteiger partial charge in [0.15, 0.2) is 11.6 Å². The van der Waals surface area contributed by atoms with Crippen LogP contribution >= 0.6 is 0 Å². The number of hydrogen-bond acceptors (Lipinski definition) is 5. The molecule has 8 heteroatoms. The molecule has 0 bridgehead atoms. The number of aromatic nitrogens is 3. The Kier molecular flexibility index (Phi) is 5.24. The Labute approximate surface area is 189 Å². The molecule has 1 aromatic heterocycles. The number of imide groups is 1. The number of anilines is 1. The van der Waals surface area contributed by atoms with Crippen molar-refractivity contribution in [1.82, 2.24) is 20.1 Å². The zero-order valence-corrected chi connectivity index (χ0v) is 17.5. The predicted molar refractivity (Wildman–Crippen MR) is 122 cm³/mol. The van der Waals surface area contributed by atoms with E-state index in [-0.39, 0.29) is 30.7 Å². The van der Waals surface area contributed by atoms with Gasteiger partial charge in [0.1, 0.15) is 0 Å². The summed E-state index contributed by atoms with van der Waals surface area (Å²) in [4.78, 5) is 43.3. The van der Waals surface area contributed by atoms with Gasteiger partial charge in [0.2, 0.25) is 5.91 Å². The SMILES string of the molecule is O=C(CCN1C(=O)c2ccccc2C1=O)Nc1ccccc1-c1nc(-c2ccccc2)n[nH]1. The Morgan fingerprint density at radius 1 is 0.818 bits per heavy atom. The number of para-hydroxylation sites is 1. The maximum atomic E-state index is 12.7. The van der Waals surface area contributed by atoms with Crippen LogP contribution in [-0.2, 0) is 4.79 Å². The van der Waals surface area contributed by atoms with Crippen molar-refractivity contribution in [1.29, 1.82) is 0 Å². The molecule has 0 unspecified atom stereocenters. The number of benzene rings is 3. The molecule has 0 atom stereocenters. The molecule has 0 aliphatic carbocycles. The van der Waals surface area contributed by atoms with E-state index in [9.17, 15) is 14.4 Å². The van der Waals surface area contributed by atoms with Gasteiger partial charge >= 0.3 is 0 Å². The van der Waals surface area contributed by atoms with E-state index in [1.54, 1.807) is 36.4 Å². The standard InChI is InChI=1S/C25H19N5O3/c31-21(14-15-30-24(32)17-10-4-5-11-18(17)25(30)33)26-20-13-7-6-12-19(20)23-27-22(28-29-23)16-8-2-1-3-9-16/h1-13H,14-15H2,(H,26,31)(H,27,28,29). The summed E-state index contributed by atoms with van der Waals surface area (Å²) in [5.41, 5.74) is 2.85. The quantitative estimate of drug-likeness (QED) is 0.447. The largest absolute Gasteiger partial charge is 0.325 e. The predicted octanol–water partition coefficient (Wildman–Crippen LogP) is 3.76. The molecule has 0 spiro atoms. The van der Waals surface area contributed by atoms with Gasteiger partial charge in [0.25, 0.3) is 11.8 Å². The maximum Gasteiger partial charge on any atom is 0.261 e. The van der Waals surface area contributed by atoms with Gasteiger partial charge in [-0.1, -0.05) is 54.6 Å². The van der Waals surface area contributed by atoms with Gasteiger partial charge in [0, 0.05) is 24.1 Å². The van der Waals surface area contributed by atoms with Gasteiger partial charge in [0.05, 0.1) is 16.8 Å². The van der Waals surface area contributed by atoms with Crippen molar-refractivity contribution in [2.24, 2.45) is 0 Å². The van der Waals surface area contributed by atoms with Crippen LogP contribution in [0.5, 0.6) is 0 Å². The molecule has 3 amide bonds. The van der Waals surface area contributed by atoms with Crippen LogP contribution in [0.2, 0.25) is 0 Å². The van der Waals surface area contributed by atoms with Crippen molar-refractivity contribution in [3.8, 4) is 22.8 Å². The van der Waals surface area contributed by atoms with Crippen molar-refractivity contribution in [3.63, 3.8) is 0 Å². The van der Waals surface area contributed by atoms with Crippen LogP contribution in [0.25, 0.3) is 22.8 Å². The van der Waals surface area contributed by atoms with Crippen molar-refractivity contribution < 1.29 is 14.4 Å². The molecule has 0 fully saturated rings. The molecule has 1 aliphatic rings. The van der Waals surface area contributed by atoms with Crippen molar-refractivity contribution in [2.45, 2.75) is 6.42 Å². The summed E-state index contributed by atoms with van der Waals surface area (Å²) in [5, 5.41) is 10.1. The highest BCUT2D eigenvalue weighted by atomic mass is 16.2. The van der Waals surface area contributed by atoms with Crippen LogP contribution in [0.4, 0.5) is 5.69 Å². The van der Waals surface area contributed by atoms with Gasteiger partial charge in [-0.05, 0) is 24.3 Å².